The highest BCUT2D eigenvalue weighted by atomic mass is 32.2. The molecule has 1 aromatic rings. The Bertz CT molecular complexity index is 497. The molecule has 0 saturated carbocycles. The fourth-order valence-electron chi connectivity index (χ4n) is 2.32. The maximum atomic E-state index is 12.2. The van der Waals surface area contributed by atoms with Gasteiger partial charge in [0.2, 0.25) is 0 Å². The van der Waals surface area contributed by atoms with Crippen LogP contribution in [0.5, 0.6) is 0 Å². The first-order valence-electron chi connectivity index (χ1n) is 7.07. The van der Waals surface area contributed by atoms with Crippen molar-refractivity contribution in [2.45, 2.75) is 51.0 Å². The highest BCUT2D eigenvalue weighted by molar-refractivity contribution is 7.84. The quantitative estimate of drug-likeness (QED) is 0.852. The molecule has 1 aliphatic heterocycles. The first kappa shape index (κ1) is 16.4. The molecule has 0 aromatic carbocycles. The zero-order chi connectivity index (χ0) is 15.5. The minimum atomic E-state index is -0.979. The first-order valence-corrected chi connectivity index (χ1v) is 9.44. The molecule has 2 heterocycles. The van der Waals surface area contributed by atoms with Gasteiger partial charge in [0.05, 0.1) is 11.3 Å². The van der Waals surface area contributed by atoms with E-state index < -0.39 is 16.4 Å². The Kier molecular flexibility index (Phi) is 5.37. The van der Waals surface area contributed by atoms with Crippen LogP contribution in [0.3, 0.4) is 0 Å². The maximum absolute atomic E-state index is 12.2. The number of hydrogen-bond acceptors (Lipinski definition) is 5. The van der Waals surface area contributed by atoms with Crippen molar-refractivity contribution in [3.8, 4) is 0 Å². The number of thiazole rings is 1. The second kappa shape index (κ2) is 6.87. The highest BCUT2D eigenvalue weighted by Gasteiger charge is 2.33. The van der Waals surface area contributed by atoms with E-state index in [9.17, 15) is 9.00 Å². The summed E-state index contributed by atoms with van der Waals surface area (Å²) in [5, 5.41) is 0. The Labute approximate surface area is 132 Å². The second-order valence-electron chi connectivity index (χ2n) is 6.19. The van der Waals surface area contributed by atoms with Crippen LogP contribution in [0.1, 0.15) is 38.5 Å². The van der Waals surface area contributed by atoms with E-state index in [1.54, 1.807) is 16.6 Å². The zero-order valence-corrected chi connectivity index (χ0v) is 14.3. The molecular weight excluding hydrogens is 308 g/mol. The summed E-state index contributed by atoms with van der Waals surface area (Å²) in [4.78, 5) is 18.9. The summed E-state index contributed by atoms with van der Waals surface area (Å²) in [6.45, 7) is 6.27. The molecular formula is C14H22N2O3S2. The van der Waals surface area contributed by atoms with E-state index in [2.05, 4.69) is 4.98 Å². The Morgan fingerprint density at radius 1 is 1.57 bits per heavy atom. The second-order valence-corrected chi connectivity index (χ2v) is 8.66. The largest absolute Gasteiger partial charge is 0.444 e. The third-order valence-electron chi connectivity index (χ3n) is 3.17. The van der Waals surface area contributed by atoms with Crippen LogP contribution in [-0.2, 0) is 21.3 Å². The zero-order valence-electron chi connectivity index (χ0n) is 12.7. The normalized spacial score (nSPS) is 20.5. The smallest absolute Gasteiger partial charge is 0.410 e. The molecule has 7 heteroatoms. The summed E-state index contributed by atoms with van der Waals surface area (Å²) in [6.07, 6.45) is 3.30. The molecule has 1 aromatic heterocycles. The molecule has 1 amide bonds. The van der Waals surface area contributed by atoms with Crippen LogP contribution in [0.2, 0.25) is 0 Å². The molecule has 0 bridgehead atoms. The summed E-state index contributed by atoms with van der Waals surface area (Å²) in [6, 6.07) is 0.0219. The van der Waals surface area contributed by atoms with Crippen LogP contribution in [0.15, 0.2) is 11.7 Å². The molecule has 1 saturated heterocycles. The van der Waals surface area contributed by atoms with Gasteiger partial charge in [0.25, 0.3) is 0 Å². The molecule has 0 radical (unpaired) electrons. The molecule has 5 nitrogen and oxygen atoms in total. The Morgan fingerprint density at radius 3 is 2.95 bits per heavy atom. The minimum Gasteiger partial charge on any atom is -0.444 e. The lowest BCUT2D eigenvalue weighted by Crippen LogP contribution is -2.42. The summed E-state index contributed by atoms with van der Waals surface area (Å²) in [5.74, 6) is 1.03. The van der Waals surface area contributed by atoms with E-state index in [-0.39, 0.29) is 12.1 Å². The number of nitrogens with zero attached hydrogens (tertiary/aromatic N) is 2. The average Bonchev–Trinajstić information content (AvgIpc) is 2.97. The van der Waals surface area contributed by atoms with Crippen molar-refractivity contribution in [3.63, 3.8) is 0 Å². The first-order chi connectivity index (χ1) is 9.85. The molecule has 0 spiro atoms. The lowest BCUT2D eigenvalue weighted by Gasteiger charge is -2.28. The van der Waals surface area contributed by atoms with E-state index in [4.69, 9.17) is 4.74 Å². The lowest BCUT2D eigenvalue weighted by molar-refractivity contribution is 0.0241. The van der Waals surface area contributed by atoms with Crippen LogP contribution < -0.4 is 0 Å². The molecule has 0 N–H and O–H groups in total. The van der Waals surface area contributed by atoms with Crippen LogP contribution in [0.4, 0.5) is 4.79 Å². The third kappa shape index (κ3) is 5.07. The van der Waals surface area contributed by atoms with Gasteiger partial charge in [0, 0.05) is 40.2 Å². The van der Waals surface area contributed by atoms with E-state index >= 15 is 0 Å². The summed E-state index contributed by atoms with van der Waals surface area (Å²) in [7, 11) is -0.979. The average molecular weight is 330 g/mol. The van der Waals surface area contributed by atoms with Crippen molar-refractivity contribution in [1.29, 1.82) is 0 Å². The van der Waals surface area contributed by atoms with E-state index in [0.717, 1.165) is 17.7 Å². The van der Waals surface area contributed by atoms with Crippen LogP contribution in [-0.4, -0.2) is 44.1 Å². The van der Waals surface area contributed by atoms with Crippen LogP contribution in [0.25, 0.3) is 0 Å². The number of amides is 1. The van der Waals surface area contributed by atoms with E-state index in [1.807, 2.05) is 20.8 Å². The van der Waals surface area contributed by atoms with Crippen molar-refractivity contribution >= 4 is 28.2 Å². The lowest BCUT2D eigenvalue weighted by atomic mass is 10.2. The van der Waals surface area contributed by atoms with Gasteiger partial charge in [0.15, 0.2) is 0 Å². The Hall–Kier alpha value is -0.950. The van der Waals surface area contributed by atoms with Gasteiger partial charge >= 0.3 is 6.09 Å². The maximum Gasteiger partial charge on any atom is 0.410 e. The molecule has 0 unspecified atom stereocenters. The number of aromatic nitrogens is 1. The van der Waals surface area contributed by atoms with Gasteiger partial charge in [-0.15, -0.1) is 11.3 Å². The topological polar surface area (TPSA) is 59.5 Å². The van der Waals surface area contributed by atoms with Crippen molar-refractivity contribution in [1.82, 2.24) is 9.88 Å². The predicted octanol–water partition coefficient (Wildman–Crippen LogP) is 2.79. The summed E-state index contributed by atoms with van der Waals surface area (Å²) < 4.78 is 17.7. The SMILES string of the molecule is CC(C)(C)OC(=O)N1CCC[C@@H]1C[S@](=O)Cc1cncs1. The third-order valence-corrected chi connectivity index (χ3v) is 5.52. The van der Waals surface area contributed by atoms with Crippen molar-refractivity contribution in [2.24, 2.45) is 0 Å². The van der Waals surface area contributed by atoms with E-state index in [1.165, 1.54) is 11.3 Å². The number of likely N-dealkylation sites (tertiary alicyclic amines) is 1. The molecule has 1 fully saturated rings. The molecule has 1 aliphatic rings. The van der Waals surface area contributed by atoms with Gasteiger partial charge in [0.1, 0.15) is 5.60 Å². The summed E-state index contributed by atoms with van der Waals surface area (Å²) in [5.41, 5.74) is 1.25. The number of carbonyl (C=O) groups is 1. The molecule has 118 valence electrons. The summed E-state index contributed by atoms with van der Waals surface area (Å²) >= 11 is 1.51. The van der Waals surface area contributed by atoms with Gasteiger partial charge in [-0.3, -0.25) is 9.19 Å². The Balaban J connectivity index is 1.89. The molecule has 0 aliphatic carbocycles. The van der Waals surface area contributed by atoms with Gasteiger partial charge in [-0.05, 0) is 33.6 Å². The highest BCUT2D eigenvalue weighted by Crippen LogP contribution is 2.22. The fourth-order valence-corrected chi connectivity index (χ4v) is 4.65. The number of ether oxygens (including phenoxy) is 1. The van der Waals surface area contributed by atoms with Gasteiger partial charge in [-0.2, -0.15) is 0 Å². The van der Waals surface area contributed by atoms with Crippen molar-refractivity contribution < 1.29 is 13.7 Å². The van der Waals surface area contributed by atoms with Gasteiger partial charge in [-0.1, -0.05) is 0 Å². The van der Waals surface area contributed by atoms with Crippen molar-refractivity contribution in [3.05, 3.63) is 16.6 Å². The Morgan fingerprint density at radius 2 is 2.33 bits per heavy atom. The van der Waals surface area contributed by atoms with Crippen LogP contribution >= 0.6 is 11.3 Å². The number of carbonyl (C=O) groups excluding carboxylic acids is 1. The fraction of sp³-hybridized carbons (Fsp3) is 0.714. The van der Waals surface area contributed by atoms with Crippen LogP contribution in [0, 0.1) is 0 Å². The number of rotatable bonds is 4. The van der Waals surface area contributed by atoms with Gasteiger partial charge < -0.3 is 9.64 Å². The molecule has 2 atom stereocenters. The standard InChI is InChI=1S/C14H22N2O3S2/c1-14(2,3)19-13(17)16-6-4-5-11(16)8-21(18)9-12-7-15-10-20-12/h7,10-11H,4-6,8-9H2,1-3H3/t11-,21+/m1/s1. The molecule has 2 rings (SSSR count). The minimum absolute atomic E-state index is 0.0219. The predicted molar refractivity (Wildman–Crippen MR) is 84.8 cm³/mol. The van der Waals surface area contributed by atoms with Crippen molar-refractivity contribution in [2.75, 3.05) is 12.3 Å². The number of hydrogen-bond donors (Lipinski definition) is 0. The monoisotopic (exact) mass is 330 g/mol. The van der Waals surface area contributed by atoms with E-state index in [0.29, 0.717) is 18.1 Å². The van der Waals surface area contributed by atoms with Gasteiger partial charge in [-0.25, -0.2) is 4.79 Å². The molecule has 21 heavy (non-hydrogen) atoms.